The van der Waals surface area contributed by atoms with E-state index in [9.17, 15) is 14.9 Å². The summed E-state index contributed by atoms with van der Waals surface area (Å²) in [6.45, 7) is 0.883. The molecule has 2 aromatic rings. The maximum absolute atomic E-state index is 12.6. The minimum Gasteiger partial charge on any atom is -0.395 e. The molecular formula is C18H20N4O4. The summed E-state index contributed by atoms with van der Waals surface area (Å²) in [6.07, 6.45) is 0.821. The fourth-order valence-electron chi connectivity index (χ4n) is 3.00. The fourth-order valence-corrected chi connectivity index (χ4v) is 3.00. The van der Waals surface area contributed by atoms with Crippen LogP contribution >= 0.6 is 0 Å². The van der Waals surface area contributed by atoms with Crippen LogP contribution in [0.2, 0.25) is 0 Å². The Hall–Kier alpha value is -3.13. The lowest BCUT2D eigenvalue weighted by molar-refractivity contribution is -0.384. The van der Waals surface area contributed by atoms with E-state index in [-0.39, 0.29) is 24.7 Å². The second-order valence-corrected chi connectivity index (χ2v) is 5.92. The SMILES string of the molecule is O=C(CNc1cc([N+](=O)[O-])ccc1NCCO)N1CCc2ccccc21. The van der Waals surface area contributed by atoms with Gasteiger partial charge in [0.15, 0.2) is 0 Å². The van der Waals surface area contributed by atoms with Crippen LogP contribution in [0.5, 0.6) is 0 Å². The Morgan fingerprint density at radius 2 is 2.00 bits per heavy atom. The molecule has 136 valence electrons. The normalized spacial score (nSPS) is 12.6. The highest BCUT2D eigenvalue weighted by Crippen LogP contribution is 2.29. The number of fused-ring (bicyclic) bond motifs is 1. The van der Waals surface area contributed by atoms with Gasteiger partial charge < -0.3 is 20.6 Å². The Balaban J connectivity index is 1.73. The summed E-state index contributed by atoms with van der Waals surface area (Å²) in [7, 11) is 0. The van der Waals surface area contributed by atoms with E-state index in [1.807, 2.05) is 24.3 Å². The van der Waals surface area contributed by atoms with Crippen LogP contribution in [-0.2, 0) is 11.2 Å². The highest BCUT2D eigenvalue weighted by Gasteiger charge is 2.24. The molecule has 0 bridgehead atoms. The molecule has 3 N–H and O–H groups in total. The maximum Gasteiger partial charge on any atom is 0.271 e. The summed E-state index contributed by atoms with van der Waals surface area (Å²) in [5, 5.41) is 25.9. The number of benzene rings is 2. The number of hydrogen-bond acceptors (Lipinski definition) is 6. The van der Waals surface area contributed by atoms with E-state index in [4.69, 9.17) is 5.11 Å². The molecule has 0 aliphatic carbocycles. The third-order valence-corrected chi connectivity index (χ3v) is 4.26. The van der Waals surface area contributed by atoms with Crippen molar-refractivity contribution in [2.45, 2.75) is 6.42 Å². The van der Waals surface area contributed by atoms with Crippen molar-refractivity contribution >= 4 is 28.7 Å². The number of anilines is 3. The quantitative estimate of drug-likeness (QED) is 0.517. The van der Waals surface area contributed by atoms with Crippen LogP contribution in [0.25, 0.3) is 0 Å². The first-order chi connectivity index (χ1) is 12.6. The number of amides is 1. The number of hydrogen-bond donors (Lipinski definition) is 3. The number of carbonyl (C=O) groups excluding carboxylic acids is 1. The van der Waals surface area contributed by atoms with E-state index in [0.717, 1.165) is 17.7 Å². The molecule has 1 heterocycles. The molecule has 26 heavy (non-hydrogen) atoms. The molecule has 0 saturated carbocycles. The highest BCUT2D eigenvalue weighted by molar-refractivity contribution is 5.98. The summed E-state index contributed by atoms with van der Waals surface area (Å²) in [5.41, 5.74) is 3.03. The minimum absolute atomic E-state index is 0.0172. The zero-order valence-corrected chi connectivity index (χ0v) is 14.1. The number of nitro groups is 1. The second kappa shape index (κ2) is 7.83. The number of rotatable bonds is 7. The molecule has 3 rings (SSSR count). The van der Waals surface area contributed by atoms with Crippen molar-refractivity contribution in [2.24, 2.45) is 0 Å². The van der Waals surface area contributed by atoms with Crippen LogP contribution < -0.4 is 15.5 Å². The van der Waals surface area contributed by atoms with Crippen LogP contribution in [0.3, 0.4) is 0 Å². The summed E-state index contributed by atoms with van der Waals surface area (Å²) in [4.78, 5) is 24.8. The molecule has 0 atom stereocenters. The van der Waals surface area contributed by atoms with E-state index in [2.05, 4.69) is 10.6 Å². The van der Waals surface area contributed by atoms with E-state index in [0.29, 0.717) is 24.5 Å². The summed E-state index contributed by atoms with van der Waals surface area (Å²) < 4.78 is 0. The number of nitrogens with one attached hydrogen (secondary N) is 2. The molecule has 1 aliphatic heterocycles. The molecule has 1 aliphatic rings. The zero-order chi connectivity index (χ0) is 18.5. The Labute approximate surface area is 150 Å². The molecule has 0 unspecified atom stereocenters. The summed E-state index contributed by atoms with van der Waals surface area (Å²) in [6, 6.07) is 12.1. The van der Waals surface area contributed by atoms with Gasteiger partial charge >= 0.3 is 0 Å². The summed E-state index contributed by atoms with van der Waals surface area (Å²) in [5.74, 6) is -0.102. The highest BCUT2D eigenvalue weighted by atomic mass is 16.6. The van der Waals surface area contributed by atoms with E-state index in [1.165, 1.54) is 12.1 Å². The monoisotopic (exact) mass is 356 g/mol. The van der Waals surface area contributed by atoms with Crippen LogP contribution in [0.4, 0.5) is 22.7 Å². The Morgan fingerprint density at radius 3 is 2.77 bits per heavy atom. The molecule has 2 aromatic carbocycles. The smallest absolute Gasteiger partial charge is 0.271 e. The average Bonchev–Trinajstić information content (AvgIpc) is 3.08. The van der Waals surface area contributed by atoms with Gasteiger partial charge in [-0.25, -0.2) is 0 Å². The van der Waals surface area contributed by atoms with Crippen LogP contribution in [0.1, 0.15) is 5.56 Å². The van der Waals surface area contributed by atoms with Crippen molar-refractivity contribution in [1.82, 2.24) is 0 Å². The van der Waals surface area contributed by atoms with E-state index >= 15 is 0 Å². The van der Waals surface area contributed by atoms with Crippen molar-refractivity contribution in [3.05, 3.63) is 58.1 Å². The largest absolute Gasteiger partial charge is 0.395 e. The number of aliphatic hydroxyl groups excluding tert-OH is 1. The van der Waals surface area contributed by atoms with Crippen LogP contribution in [-0.4, -0.2) is 42.2 Å². The van der Waals surface area contributed by atoms with Gasteiger partial charge in [0.05, 0.1) is 29.4 Å². The molecular weight excluding hydrogens is 336 g/mol. The van der Waals surface area contributed by atoms with Crippen molar-refractivity contribution in [3.8, 4) is 0 Å². The van der Waals surface area contributed by atoms with Crippen LogP contribution in [0.15, 0.2) is 42.5 Å². The standard InChI is InChI=1S/C18H20N4O4/c23-10-8-19-15-6-5-14(22(25)26)11-16(15)20-12-18(24)21-9-7-13-3-1-2-4-17(13)21/h1-6,11,19-20,23H,7-10,12H2. The second-order valence-electron chi connectivity index (χ2n) is 5.92. The van der Waals surface area contributed by atoms with Crippen molar-refractivity contribution in [2.75, 3.05) is 41.8 Å². The zero-order valence-electron chi connectivity index (χ0n) is 14.1. The van der Waals surface area contributed by atoms with Gasteiger partial charge in [0.25, 0.3) is 5.69 Å². The van der Waals surface area contributed by atoms with Gasteiger partial charge in [-0.2, -0.15) is 0 Å². The average molecular weight is 356 g/mol. The molecule has 8 nitrogen and oxygen atoms in total. The topological polar surface area (TPSA) is 108 Å². The van der Waals surface area contributed by atoms with Crippen molar-refractivity contribution < 1.29 is 14.8 Å². The third-order valence-electron chi connectivity index (χ3n) is 4.26. The molecule has 0 saturated heterocycles. The number of non-ortho nitro benzene ring substituents is 1. The number of carbonyl (C=O) groups is 1. The van der Waals surface area contributed by atoms with E-state index in [1.54, 1.807) is 11.0 Å². The Kier molecular flexibility index (Phi) is 5.33. The van der Waals surface area contributed by atoms with Gasteiger partial charge in [-0.05, 0) is 24.1 Å². The molecule has 8 heteroatoms. The minimum atomic E-state index is -0.487. The first-order valence-corrected chi connectivity index (χ1v) is 8.35. The van der Waals surface area contributed by atoms with Crippen LogP contribution in [0, 0.1) is 10.1 Å². The lowest BCUT2D eigenvalue weighted by Gasteiger charge is -2.19. The predicted octanol–water partition coefficient (Wildman–Crippen LogP) is 2.00. The molecule has 1 amide bonds. The van der Waals surface area contributed by atoms with Gasteiger partial charge in [0.2, 0.25) is 5.91 Å². The van der Waals surface area contributed by atoms with Gasteiger partial charge in [-0.1, -0.05) is 18.2 Å². The predicted molar refractivity (Wildman–Crippen MR) is 99.7 cm³/mol. The summed E-state index contributed by atoms with van der Waals surface area (Å²) >= 11 is 0. The Morgan fingerprint density at radius 1 is 1.19 bits per heavy atom. The first-order valence-electron chi connectivity index (χ1n) is 8.35. The Bertz CT molecular complexity index is 825. The number of nitro benzene ring substituents is 1. The molecule has 0 spiro atoms. The molecule has 0 fully saturated rings. The van der Waals surface area contributed by atoms with Crippen molar-refractivity contribution in [3.63, 3.8) is 0 Å². The molecule has 0 aromatic heterocycles. The molecule has 0 radical (unpaired) electrons. The van der Waals surface area contributed by atoms with Gasteiger partial charge in [-0.15, -0.1) is 0 Å². The lowest BCUT2D eigenvalue weighted by Crippen LogP contribution is -2.34. The first kappa shape index (κ1) is 17.7. The number of nitrogens with zero attached hydrogens (tertiary/aromatic N) is 2. The van der Waals surface area contributed by atoms with Crippen molar-refractivity contribution in [1.29, 1.82) is 0 Å². The van der Waals surface area contributed by atoms with E-state index < -0.39 is 4.92 Å². The maximum atomic E-state index is 12.6. The van der Waals surface area contributed by atoms with Gasteiger partial charge in [0, 0.05) is 30.9 Å². The van der Waals surface area contributed by atoms with Gasteiger partial charge in [0.1, 0.15) is 0 Å². The lowest BCUT2D eigenvalue weighted by atomic mass is 10.2. The number of aliphatic hydroxyl groups is 1. The number of para-hydroxylation sites is 1. The fraction of sp³-hybridized carbons (Fsp3) is 0.278. The van der Waals surface area contributed by atoms with Gasteiger partial charge in [-0.3, -0.25) is 14.9 Å². The third kappa shape index (κ3) is 3.75.